The van der Waals surface area contributed by atoms with Crippen molar-refractivity contribution in [3.8, 4) is 11.6 Å². The summed E-state index contributed by atoms with van der Waals surface area (Å²) in [6.45, 7) is 2.04. The average Bonchev–Trinajstić information content (AvgIpc) is 3.02. The molecule has 2 heterocycles. The number of hydrogen-bond acceptors (Lipinski definition) is 5. The van der Waals surface area contributed by atoms with Gasteiger partial charge in [0.25, 0.3) is 0 Å². The zero-order valence-electron chi connectivity index (χ0n) is 11.4. The van der Waals surface area contributed by atoms with Gasteiger partial charge >= 0.3 is 0 Å². The number of hydrogen-bond donors (Lipinski definition) is 0. The van der Waals surface area contributed by atoms with Gasteiger partial charge in [-0.1, -0.05) is 0 Å². The van der Waals surface area contributed by atoms with Crippen LogP contribution in [0, 0.1) is 6.92 Å². The van der Waals surface area contributed by atoms with E-state index >= 15 is 0 Å². The van der Waals surface area contributed by atoms with Gasteiger partial charge in [-0.05, 0) is 43.2 Å². The number of carbonyl (C=O) groups is 1. The number of nitrogens with zero attached hydrogens (tertiary/aromatic N) is 2. The van der Waals surface area contributed by atoms with Gasteiger partial charge in [0.15, 0.2) is 5.78 Å². The number of rotatable bonds is 2. The Balaban J connectivity index is 1.73. The predicted octanol–water partition coefficient (Wildman–Crippen LogP) is 3.92. The molecule has 0 unspecified atom stereocenters. The van der Waals surface area contributed by atoms with Crippen molar-refractivity contribution in [1.82, 2.24) is 9.97 Å². The summed E-state index contributed by atoms with van der Waals surface area (Å²) in [7, 11) is 0. The van der Waals surface area contributed by atoms with Crippen LogP contribution in [-0.4, -0.2) is 15.8 Å². The highest BCUT2D eigenvalue weighted by molar-refractivity contribution is 7.18. The molecule has 21 heavy (non-hydrogen) atoms. The molecule has 1 aromatic carbocycles. The largest absolute Gasteiger partial charge is 0.438 e. The van der Waals surface area contributed by atoms with E-state index in [0.29, 0.717) is 18.1 Å². The molecule has 1 aliphatic carbocycles. The van der Waals surface area contributed by atoms with Crippen LogP contribution in [0.1, 0.15) is 27.2 Å². The highest BCUT2D eigenvalue weighted by Crippen LogP contribution is 2.33. The van der Waals surface area contributed by atoms with Gasteiger partial charge in [-0.15, -0.1) is 11.3 Å². The number of thiophene rings is 1. The van der Waals surface area contributed by atoms with E-state index in [9.17, 15) is 4.79 Å². The predicted molar refractivity (Wildman–Crippen MR) is 81.3 cm³/mol. The fourth-order valence-corrected chi connectivity index (χ4v) is 3.48. The van der Waals surface area contributed by atoms with Crippen molar-refractivity contribution in [1.29, 1.82) is 0 Å². The van der Waals surface area contributed by atoms with Gasteiger partial charge in [0.05, 0.1) is 5.39 Å². The van der Waals surface area contributed by atoms with E-state index in [1.54, 1.807) is 11.3 Å². The lowest BCUT2D eigenvalue weighted by atomic mass is 10.1. The van der Waals surface area contributed by atoms with E-state index in [1.165, 1.54) is 11.2 Å². The third-order valence-electron chi connectivity index (χ3n) is 3.63. The Morgan fingerprint density at radius 3 is 3.00 bits per heavy atom. The van der Waals surface area contributed by atoms with E-state index in [-0.39, 0.29) is 5.78 Å². The minimum atomic E-state index is 0.217. The highest BCUT2D eigenvalue weighted by atomic mass is 32.1. The van der Waals surface area contributed by atoms with Gasteiger partial charge in [-0.3, -0.25) is 4.79 Å². The van der Waals surface area contributed by atoms with Crippen molar-refractivity contribution < 1.29 is 9.53 Å². The molecule has 4 rings (SSSR count). The highest BCUT2D eigenvalue weighted by Gasteiger charge is 2.20. The molecular formula is C16H12N2O2S. The molecule has 3 aromatic rings. The number of aryl methyl sites for hydroxylation is 2. The average molecular weight is 296 g/mol. The molecule has 0 atom stereocenters. The standard InChI is InChI=1S/C16H12N2O2S/c1-9-6-13-15(17-8-18-16(13)21-9)20-11-3-4-12-10(7-11)2-5-14(12)19/h3-4,6-8H,2,5H2,1H3. The summed E-state index contributed by atoms with van der Waals surface area (Å²) in [5, 5.41) is 0.927. The number of aromatic nitrogens is 2. The number of fused-ring (bicyclic) bond motifs is 2. The van der Waals surface area contributed by atoms with Crippen molar-refractivity contribution in [2.45, 2.75) is 19.8 Å². The first-order valence-corrected chi connectivity index (χ1v) is 7.57. The molecule has 0 bridgehead atoms. The maximum Gasteiger partial charge on any atom is 0.231 e. The number of carbonyl (C=O) groups excluding carboxylic acids is 1. The zero-order chi connectivity index (χ0) is 14.4. The molecule has 1 aliphatic rings. The molecule has 4 nitrogen and oxygen atoms in total. The van der Waals surface area contributed by atoms with E-state index in [4.69, 9.17) is 4.74 Å². The lowest BCUT2D eigenvalue weighted by Crippen LogP contribution is -1.93. The second-order valence-electron chi connectivity index (χ2n) is 5.10. The fourth-order valence-electron chi connectivity index (χ4n) is 2.64. The van der Waals surface area contributed by atoms with Gasteiger partial charge in [0, 0.05) is 16.9 Å². The van der Waals surface area contributed by atoms with E-state index in [0.717, 1.165) is 27.8 Å². The van der Waals surface area contributed by atoms with E-state index in [2.05, 4.69) is 9.97 Å². The van der Waals surface area contributed by atoms with Gasteiger partial charge in [0.1, 0.15) is 16.9 Å². The van der Waals surface area contributed by atoms with Crippen molar-refractivity contribution in [2.75, 3.05) is 0 Å². The Morgan fingerprint density at radius 1 is 1.19 bits per heavy atom. The van der Waals surface area contributed by atoms with Gasteiger partial charge < -0.3 is 4.74 Å². The third kappa shape index (κ3) is 2.10. The van der Waals surface area contributed by atoms with Crippen molar-refractivity contribution in [2.24, 2.45) is 0 Å². The summed E-state index contributed by atoms with van der Waals surface area (Å²) in [4.78, 5) is 22.2. The van der Waals surface area contributed by atoms with Gasteiger partial charge in [-0.2, -0.15) is 0 Å². The maximum atomic E-state index is 11.7. The van der Waals surface area contributed by atoms with Crippen molar-refractivity contribution in [3.63, 3.8) is 0 Å². The van der Waals surface area contributed by atoms with Crippen LogP contribution < -0.4 is 4.74 Å². The fraction of sp³-hybridized carbons (Fsp3) is 0.188. The Bertz CT molecular complexity index is 870. The SMILES string of the molecule is Cc1cc2c(Oc3ccc4c(c3)CCC4=O)ncnc2s1. The van der Waals surface area contributed by atoms with E-state index < -0.39 is 0 Å². The third-order valence-corrected chi connectivity index (χ3v) is 4.59. The minimum absolute atomic E-state index is 0.217. The molecule has 0 amide bonds. The lowest BCUT2D eigenvalue weighted by molar-refractivity contribution is 0.0994. The maximum absolute atomic E-state index is 11.7. The Morgan fingerprint density at radius 2 is 2.10 bits per heavy atom. The van der Waals surface area contributed by atoms with Gasteiger partial charge in [0.2, 0.25) is 5.88 Å². The molecule has 0 saturated heterocycles. The first kappa shape index (κ1) is 12.5. The van der Waals surface area contributed by atoms with Crippen LogP contribution in [-0.2, 0) is 6.42 Å². The lowest BCUT2D eigenvalue weighted by Gasteiger charge is -2.07. The smallest absolute Gasteiger partial charge is 0.231 e. The molecule has 104 valence electrons. The Hall–Kier alpha value is -2.27. The number of ether oxygens (including phenoxy) is 1. The molecule has 0 N–H and O–H groups in total. The zero-order valence-corrected chi connectivity index (χ0v) is 12.2. The van der Waals surface area contributed by atoms with Crippen LogP contribution in [0.25, 0.3) is 10.2 Å². The number of benzene rings is 1. The number of ketones is 1. The van der Waals surface area contributed by atoms with Crippen LogP contribution in [0.5, 0.6) is 11.6 Å². The summed E-state index contributed by atoms with van der Waals surface area (Å²) < 4.78 is 5.91. The van der Waals surface area contributed by atoms with Crippen LogP contribution in [0.15, 0.2) is 30.6 Å². The second kappa shape index (κ2) is 4.63. The first-order valence-electron chi connectivity index (χ1n) is 6.76. The molecule has 0 fully saturated rings. The minimum Gasteiger partial charge on any atom is -0.438 e. The summed E-state index contributed by atoms with van der Waals surface area (Å²) >= 11 is 1.62. The monoisotopic (exact) mass is 296 g/mol. The molecule has 0 radical (unpaired) electrons. The Labute approximate surface area is 125 Å². The molecule has 0 saturated carbocycles. The van der Waals surface area contributed by atoms with Crippen molar-refractivity contribution >= 4 is 27.3 Å². The van der Waals surface area contributed by atoms with Crippen LogP contribution in [0.2, 0.25) is 0 Å². The summed E-state index contributed by atoms with van der Waals surface area (Å²) in [6.07, 6.45) is 2.91. The second-order valence-corrected chi connectivity index (χ2v) is 6.33. The number of Topliss-reactive ketones (excluding diaryl/α,β-unsaturated/α-hetero) is 1. The Kier molecular flexibility index (Phi) is 2.75. The molecule has 5 heteroatoms. The molecule has 2 aromatic heterocycles. The summed E-state index contributed by atoms with van der Waals surface area (Å²) in [5.74, 6) is 1.50. The quantitative estimate of drug-likeness (QED) is 0.719. The normalized spacial score (nSPS) is 13.7. The summed E-state index contributed by atoms with van der Waals surface area (Å²) in [5.41, 5.74) is 1.88. The van der Waals surface area contributed by atoms with Crippen LogP contribution >= 0.6 is 11.3 Å². The first-order chi connectivity index (χ1) is 10.2. The van der Waals surface area contributed by atoms with Crippen LogP contribution in [0.4, 0.5) is 0 Å². The van der Waals surface area contributed by atoms with Gasteiger partial charge in [-0.25, -0.2) is 9.97 Å². The molecule has 0 aliphatic heterocycles. The summed E-state index contributed by atoms with van der Waals surface area (Å²) in [6, 6.07) is 7.64. The molecular weight excluding hydrogens is 284 g/mol. The van der Waals surface area contributed by atoms with Crippen molar-refractivity contribution in [3.05, 3.63) is 46.6 Å². The topological polar surface area (TPSA) is 52.1 Å². The van der Waals surface area contributed by atoms with E-state index in [1.807, 2.05) is 31.2 Å². The van der Waals surface area contributed by atoms with Crippen LogP contribution in [0.3, 0.4) is 0 Å². The molecule has 0 spiro atoms.